The van der Waals surface area contributed by atoms with Gasteiger partial charge in [0.25, 0.3) is 5.69 Å². The van der Waals surface area contributed by atoms with Crippen LogP contribution in [0.2, 0.25) is 0 Å². The summed E-state index contributed by atoms with van der Waals surface area (Å²) in [6, 6.07) is 4.59. The van der Waals surface area contributed by atoms with E-state index in [2.05, 4.69) is 11.8 Å². The number of nitro benzene ring substituents is 1. The first kappa shape index (κ1) is 9.93. The Kier molecular flexibility index (Phi) is 2.97. The Labute approximate surface area is 80.7 Å². The van der Waals surface area contributed by atoms with Gasteiger partial charge in [-0.1, -0.05) is 12.0 Å². The molecule has 0 spiro atoms. The molecule has 1 aromatic rings. The van der Waals surface area contributed by atoms with Crippen molar-refractivity contribution in [1.82, 2.24) is 0 Å². The van der Waals surface area contributed by atoms with Gasteiger partial charge in [0.2, 0.25) is 0 Å². The van der Waals surface area contributed by atoms with Crippen LogP contribution in [0.3, 0.4) is 0 Å². The lowest BCUT2D eigenvalue weighted by Gasteiger charge is -1.96. The van der Waals surface area contributed by atoms with E-state index in [0.717, 1.165) is 5.56 Å². The van der Waals surface area contributed by atoms with Gasteiger partial charge in [-0.05, 0) is 24.5 Å². The number of nitrogens with zero attached hydrogens (tertiary/aromatic N) is 1. The first-order valence-electron chi connectivity index (χ1n) is 3.85. The maximum Gasteiger partial charge on any atom is 0.284 e. The Morgan fingerprint density at radius 2 is 2.21 bits per heavy atom. The summed E-state index contributed by atoms with van der Waals surface area (Å²) in [5.41, 5.74) is 1.05. The second-order valence-corrected chi connectivity index (χ2v) is 2.66. The van der Waals surface area contributed by atoms with Crippen molar-refractivity contribution < 1.29 is 9.72 Å². The lowest BCUT2D eigenvalue weighted by Crippen LogP contribution is -1.92. The van der Waals surface area contributed by atoms with Crippen molar-refractivity contribution in [2.24, 2.45) is 0 Å². The zero-order chi connectivity index (χ0) is 10.6. The molecule has 0 radical (unpaired) electrons. The first-order valence-corrected chi connectivity index (χ1v) is 3.85. The minimum Gasteiger partial charge on any atom is -0.289 e. The zero-order valence-corrected chi connectivity index (χ0v) is 7.48. The third-order valence-corrected chi connectivity index (χ3v) is 1.61. The van der Waals surface area contributed by atoms with E-state index in [1.165, 1.54) is 6.07 Å². The molecule has 70 valence electrons. The van der Waals surface area contributed by atoms with Crippen LogP contribution < -0.4 is 0 Å². The van der Waals surface area contributed by atoms with Crippen molar-refractivity contribution in [2.75, 3.05) is 0 Å². The Balaban J connectivity index is 3.29. The van der Waals surface area contributed by atoms with E-state index in [9.17, 15) is 14.9 Å². The van der Waals surface area contributed by atoms with Crippen molar-refractivity contribution >= 4 is 12.0 Å². The monoisotopic (exact) mass is 189 g/mol. The molecule has 0 bridgehead atoms. The van der Waals surface area contributed by atoms with Crippen molar-refractivity contribution in [2.45, 2.75) is 6.92 Å². The van der Waals surface area contributed by atoms with E-state index in [0.29, 0.717) is 6.29 Å². The van der Waals surface area contributed by atoms with Gasteiger partial charge in [0.1, 0.15) is 5.56 Å². The van der Waals surface area contributed by atoms with Crippen molar-refractivity contribution in [3.05, 3.63) is 39.4 Å². The molecule has 0 heterocycles. The molecule has 0 amide bonds. The SMILES string of the molecule is Cc1ccc([N+](=O)[O-])c(C#CC=O)c1. The van der Waals surface area contributed by atoms with Crippen molar-refractivity contribution in [3.63, 3.8) is 0 Å². The first-order chi connectivity index (χ1) is 6.65. The van der Waals surface area contributed by atoms with E-state index in [4.69, 9.17) is 0 Å². The number of rotatable bonds is 1. The number of hydrogen-bond acceptors (Lipinski definition) is 3. The maximum absolute atomic E-state index is 10.5. The van der Waals surface area contributed by atoms with Gasteiger partial charge in [-0.3, -0.25) is 14.9 Å². The molecule has 0 aliphatic heterocycles. The second-order valence-electron chi connectivity index (χ2n) is 2.66. The predicted octanol–water partition coefficient (Wildman–Crippen LogP) is 1.45. The van der Waals surface area contributed by atoms with Crippen LogP contribution in [0, 0.1) is 28.9 Å². The quantitative estimate of drug-likeness (QED) is 0.291. The highest BCUT2D eigenvalue weighted by molar-refractivity contribution is 5.74. The molecule has 0 N–H and O–H groups in total. The van der Waals surface area contributed by atoms with E-state index in [1.54, 1.807) is 19.1 Å². The minimum atomic E-state index is -0.520. The van der Waals surface area contributed by atoms with E-state index >= 15 is 0 Å². The van der Waals surface area contributed by atoms with E-state index < -0.39 is 4.92 Å². The summed E-state index contributed by atoms with van der Waals surface area (Å²) in [6.07, 6.45) is 0.409. The topological polar surface area (TPSA) is 60.2 Å². The van der Waals surface area contributed by atoms with Crippen LogP contribution in [-0.2, 0) is 4.79 Å². The van der Waals surface area contributed by atoms with Gasteiger partial charge < -0.3 is 0 Å². The highest BCUT2D eigenvalue weighted by Gasteiger charge is 2.10. The number of benzene rings is 1. The van der Waals surface area contributed by atoms with Gasteiger partial charge in [0.05, 0.1) is 4.92 Å². The van der Waals surface area contributed by atoms with E-state index in [1.807, 2.05) is 0 Å². The molecule has 4 nitrogen and oxygen atoms in total. The van der Waals surface area contributed by atoms with Crippen LogP contribution in [-0.4, -0.2) is 11.2 Å². The molecule has 0 aliphatic rings. The number of carbonyl (C=O) groups excluding carboxylic acids is 1. The lowest BCUT2D eigenvalue weighted by molar-refractivity contribution is -0.385. The Hall–Kier alpha value is -2.15. The van der Waals surface area contributed by atoms with Gasteiger partial charge in [-0.2, -0.15) is 0 Å². The molecule has 0 aliphatic carbocycles. The fraction of sp³-hybridized carbons (Fsp3) is 0.100. The molecule has 0 saturated heterocycles. The second kappa shape index (κ2) is 4.19. The summed E-state index contributed by atoms with van der Waals surface area (Å²) in [5.74, 6) is 4.58. The number of hydrogen-bond donors (Lipinski definition) is 0. The molecule has 0 saturated carbocycles. The number of nitro groups is 1. The third kappa shape index (κ3) is 2.17. The smallest absolute Gasteiger partial charge is 0.284 e. The summed E-state index contributed by atoms with van der Waals surface area (Å²) in [5, 5.41) is 10.5. The Morgan fingerprint density at radius 1 is 1.50 bits per heavy atom. The summed E-state index contributed by atoms with van der Waals surface area (Å²) >= 11 is 0. The van der Waals surface area contributed by atoms with E-state index in [-0.39, 0.29) is 11.3 Å². The summed E-state index contributed by atoms with van der Waals surface area (Å²) in [4.78, 5) is 20.0. The minimum absolute atomic E-state index is 0.0787. The summed E-state index contributed by atoms with van der Waals surface area (Å²) < 4.78 is 0. The van der Waals surface area contributed by atoms with Gasteiger partial charge in [-0.15, -0.1) is 0 Å². The Morgan fingerprint density at radius 3 is 2.79 bits per heavy atom. The van der Waals surface area contributed by atoms with Crippen LogP contribution >= 0.6 is 0 Å². The van der Waals surface area contributed by atoms with Gasteiger partial charge in [-0.25, -0.2) is 0 Å². The number of carbonyl (C=O) groups is 1. The van der Waals surface area contributed by atoms with Gasteiger partial charge in [0, 0.05) is 6.07 Å². The predicted molar refractivity (Wildman–Crippen MR) is 50.8 cm³/mol. The molecule has 0 unspecified atom stereocenters. The van der Waals surface area contributed by atoms with Gasteiger partial charge >= 0.3 is 0 Å². The van der Waals surface area contributed by atoms with Crippen LogP contribution in [0.25, 0.3) is 0 Å². The standard InChI is InChI=1S/C10H7NO3/c1-8-4-5-10(11(13)14)9(7-8)3-2-6-12/h4-7H,1H3. The van der Waals surface area contributed by atoms with Crippen LogP contribution in [0.15, 0.2) is 18.2 Å². The number of aryl methyl sites for hydroxylation is 1. The summed E-state index contributed by atoms with van der Waals surface area (Å²) in [7, 11) is 0. The average Bonchev–Trinajstić information content (AvgIpc) is 2.14. The molecule has 1 rings (SSSR count). The van der Waals surface area contributed by atoms with Crippen molar-refractivity contribution in [1.29, 1.82) is 0 Å². The maximum atomic E-state index is 10.5. The average molecular weight is 189 g/mol. The fourth-order valence-electron chi connectivity index (χ4n) is 1.02. The molecular weight excluding hydrogens is 182 g/mol. The van der Waals surface area contributed by atoms with Crippen molar-refractivity contribution in [3.8, 4) is 11.8 Å². The molecule has 14 heavy (non-hydrogen) atoms. The fourth-order valence-corrected chi connectivity index (χ4v) is 1.02. The molecule has 4 heteroatoms. The zero-order valence-electron chi connectivity index (χ0n) is 7.48. The number of aldehydes is 1. The lowest BCUT2D eigenvalue weighted by atomic mass is 10.1. The molecule has 0 fully saturated rings. The molecular formula is C10H7NO3. The highest BCUT2D eigenvalue weighted by Crippen LogP contribution is 2.18. The van der Waals surface area contributed by atoms with Crippen LogP contribution in [0.4, 0.5) is 5.69 Å². The normalized spacial score (nSPS) is 8.64. The molecule has 1 aromatic carbocycles. The molecule has 0 aromatic heterocycles. The Bertz CT molecular complexity index is 440. The van der Waals surface area contributed by atoms with Gasteiger partial charge in [0.15, 0.2) is 6.29 Å². The molecule has 0 atom stereocenters. The van der Waals surface area contributed by atoms with Crippen LogP contribution in [0.1, 0.15) is 11.1 Å². The third-order valence-electron chi connectivity index (χ3n) is 1.61. The highest BCUT2D eigenvalue weighted by atomic mass is 16.6. The summed E-state index contributed by atoms with van der Waals surface area (Å²) in [6.45, 7) is 1.80. The largest absolute Gasteiger partial charge is 0.289 e. The van der Waals surface area contributed by atoms with Crippen LogP contribution in [0.5, 0.6) is 0 Å².